The van der Waals surface area contributed by atoms with Crippen LogP contribution in [0.25, 0.3) is 27.8 Å². The molecule has 0 saturated carbocycles. The summed E-state index contributed by atoms with van der Waals surface area (Å²) < 4.78 is 44.6. The summed E-state index contributed by atoms with van der Waals surface area (Å²) in [6.45, 7) is 3.73. The van der Waals surface area contributed by atoms with Crippen LogP contribution in [0, 0.1) is 13.8 Å². The summed E-state index contributed by atoms with van der Waals surface area (Å²) in [6.07, 6.45) is -2.67. The fourth-order valence-corrected chi connectivity index (χ4v) is 3.62. The summed E-state index contributed by atoms with van der Waals surface area (Å²) in [5.74, 6) is 0. The Morgan fingerprint density at radius 1 is 0.964 bits per heavy atom. The topological polar surface area (TPSA) is 21.7 Å². The van der Waals surface area contributed by atoms with E-state index in [4.69, 9.17) is 0 Å². The zero-order chi connectivity index (χ0) is 20.1. The van der Waals surface area contributed by atoms with Crippen molar-refractivity contribution in [2.24, 2.45) is 7.05 Å². The lowest BCUT2D eigenvalue weighted by molar-refractivity contribution is -0.603. The summed E-state index contributed by atoms with van der Waals surface area (Å²) in [7, 11) is 1.76. The Labute approximate surface area is 160 Å². The van der Waals surface area contributed by atoms with Crippen LogP contribution < -0.4 is 4.57 Å². The van der Waals surface area contributed by atoms with Crippen molar-refractivity contribution in [3.63, 3.8) is 0 Å². The monoisotopic (exact) mass is 382 g/mol. The van der Waals surface area contributed by atoms with Crippen LogP contribution in [0.3, 0.4) is 0 Å². The zero-order valence-electron chi connectivity index (χ0n) is 15.7. The number of alkyl halides is 3. The molecule has 0 amide bonds. The van der Waals surface area contributed by atoms with E-state index in [-0.39, 0.29) is 0 Å². The lowest BCUT2D eigenvalue weighted by Crippen LogP contribution is -2.35. The van der Waals surface area contributed by atoms with E-state index >= 15 is 0 Å². The maximum absolute atomic E-state index is 13.7. The van der Waals surface area contributed by atoms with Gasteiger partial charge in [-0.2, -0.15) is 22.8 Å². The fourth-order valence-electron chi connectivity index (χ4n) is 3.62. The van der Waals surface area contributed by atoms with Gasteiger partial charge in [-0.25, -0.2) is 0 Å². The van der Waals surface area contributed by atoms with Gasteiger partial charge in [-0.05, 0) is 19.1 Å². The van der Waals surface area contributed by atoms with Crippen molar-refractivity contribution in [2.45, 2.75) is 20.0 Å². The van der Waals surface area contributed by atoms with Gasteiger partial charge >= 0.3 is 6.18 Å². The van der Waals surface area contributed by atoms with E-state index < -0.39 is 11.7 Å². The van der Waals surface area contributed by atoms with E-state index in [1.807, 2.05) is 56.3 Å². The molecule has 0 aliphatic carbocycles. The van der Waals surface area contributed by atoms with Crippen LogP contribution in [0.5, 0.6) is 0 Å². The van der Waals surface area contributed by atoms with Gasteiger partial charge in [-0.1, -0.05) is 24.3 Å². The van der Waals surface area contributed by atoms with Crippen LogP contribution in [0.2, 0.25) is 0 Å². The Balaban J connectivity index is 2.09. The van der Waals surface area contributed by atoms with Crippen LogP contribution in [0.15, 0.2) is 60.8 Å². The van der Waals surface area contributed by atoms with Gasteiger partial charge < -0.3 is 0 Å². The first-order chi connectivity index (χ1) is 13.3. The molecule has 0 unspecified atom stereocenters. The third-order valence-corrected chi connectivity index (χ3v) is 5.03. The second-order valence-electron chi connectivity index (χ2n) is 6.87. The van der Waals surface area contributed by atoms with E-state index in [1.54, 1.807) is 22.5 Å². The number of halogens is 3. The molecule has 0 spiro atoms. The third kappa shape index (κ3) is 2.95. The predicted molar refractivity (Wildman–Crippen MR) is 102 cm³/mol. The number of benzene rings is 2. The Bertz CT molecular complexity index is 1190. The number of rotatable bonds is 2. The molecule has 0 aliphatic heterocycles. The molecule has 6 heteroatoms. The van der Waals surface area contributed by atoms with Crippen LogP contribution in [-0.4, -0.2) is 9.78 Å². The minimum absolute atomic E-state index is 0.508. The van der Waals surface area contributed by atoms with Gasteiger partial charge in [0.2, 0.25) is 5.69 Å². The fraction of sp³-hybridized carbons (Fsp3) is 0.182. The molecule has 0 N–H and O–H groups in total. The first-order valence-corrected chi connectivity index (χ1v) is 8.89. The largest absolute Gasteiger partial charge is 0.416 e. The molecule has 0 bridgehead atoms. The maximum Gasteiger partial charge on any atom is 0.416 e. The van der Waals surface area contributed by atoms with Gasteiger partial charge in [-0.15, -0.1) is 0 Å². The molecule has 2 aromatic heterocycles. The Morgan fingerprint density at radius 3 is 2.39 bits per heavy atom. The summed E-state index contributed by atoms with van der Waals surface area (Å²) in [4.78, 5) is 0. The van der Waals surface area contributed by atoms with Gasteiger partial charge in [-0.3, -0.25) is 4.68 Å². The van der Waals surface area contributed by atoms with Gasteiger partial charge in [0.1, 0.15) is 0 Å². The molecule has 28 heavy (non-hydrogen) atoms. The van der Waals surface area contributed by atoms with Crippen molar-refractivity contribution >= 4 is 10.9 Å². The van der Waals surface area contributed by atoms with Gasteiger partial charge in [0.25, 0.3) is 0 Å². The van der Waals surface area contributed by atoms with Crippen LogP contribution in [0.4, 0.5) is 13.2 Å². The summed E-state index contributed by atoms with van der Waals surface area (Å²) in [5.41, 5.74) is 3.40. The summed E-state index contributed by atoms with van der Waals surface area (Å²) >= 11 is 0. The number of nitrogens with zero attached hydrogens (tertiary/aromatic N) is 3. The zero-order valence-corrected chi connectivity index (χ0v) is 15.7. The number of fused-ring (bicyclic) bond motifs is 1. The Kier molecular flexibility index (Phi) is 4.22. The molecular weight excluding hydrogens is 363 g/mol. The molecule has 0 radical (unpaired) electrons. The predicted octanol–water partition coefficient (Wildman–Crippen LogP) is 5.15. The SMILES string of the molecule is Cc1c(-c2c3ccccc3nn2C)cc(C(F)(F)F)cc1-[n+]1ccccc1C. The highest BCUT2D eigenvalue weighted by molar-refractivity contribution is 5.94. The number of hydrogen-bond acceptors (Lipinski definition) is 1. The maximum atomic E-state index is 13.7. The average molecular weight is 382 g/mol. The highest BCUT2D eigenvalue weighted by Crippen LogP contribution is 2.38. The molecule has 4 rings (SSSR count). The summed E-state index contributed by atoms with van der Waals surface area (Å²) in [5, 5.41) is 5.30. The van der Waals surface area contributed by atoms with Crippen molar-refractivity contribution in [2.75, 3.05) is 0 Å². The van der Waals surface area contributed by atoms with Crippen molar-refractivity contribution in [3.8, 4) is 16.9 Å². The standard InChI is InChI=1S/C22H19F3N3/c1-14-8-6-7-11-28(14)20-13-16(22(23,24)25)12-18(15(20)2)21-17-9-4-5-10-19(17)26-27(21)3/h4-13H,1-3H3/q+1. The number of aryl methyl sites for hydroxylation is 2. The van der Waals surface area contributed by atoms with Crippen molar-refractivity contribution < 1.29 is 17.7 Å². The Morgan fingerprint density at radius 2 is 1.68 bits per heavy atom. The molecule has 3 nitrogen and oxygen atoms in total. The lowest BCUT2D eigenvalue weighted by Gasteiger charge is -2.14. The van der Waals surface area contributed by atoms with Crippen molar-refractivity contribution in [3.05, 3.63) is 77.6 Å². The highest BCUT2D eigenvalue weighted by Gasteiger charge is 2.34. The first-order valence-electron chi connectivity index (χ1n) is 8.89. The smallest absolute Gasteiger partial charge is 0.267 e. The Hall–Kier alpha value is -3.15. The molecule has 4 aromatic rings. The normalized spacial score (nSPS) is 11.9. The minimum Gasteiger partial charge on any atom is -0.267 e. The average Bonchev–Trinajstić information content (AvgIpc) is 2.97. The molecule has 0 atom stereocenters. The van der Waals surface area contributed by atoms with E-state index in [2.05, 4.69) is 5.10 Å². The van der Waals surface area contributed by atoms with Gasteiger partial charge in [0.05, 0.1) is 16.8 Å². The number of aromatic nitrogens is 3. The molecule has 2 aromatic carbocycles. The highest BCUT2D eigenvalue weighted by atomic mass is 19.4. The van der Waals surface area contributed by atoms with Crippen LogP contribution in [0.1, 0.15) is 16.8 Å². The van der Waals surface area contributed by atoms with Crippen molar-refractivity contribution in [1.82, 2.24) is 9.78 Å². The first kappa shape index (κ1) is 18.2. The van der Waals surface area contributed by atoms with Crippen molar-refractivity contribution in [1.29, 1.82) is 0 Å². The molecule has 0 saturated heterocycles. The minimum atomic E-state index is -4.45. The van der Waals surface area contributed by atoms with E-state index in [1.165, 1.54) is 12.1 Å². The molecule has 142 valence electrons. The molecule has 0 aliphatic rings. The van der Waals surface area contributed by atoms with Gasteiger partial charge in [0.15, 0.2) is 11.9 Å². The quantitative estimate of drug-likeness (QED) is 0.439. The van der Waals surface area contributed by atoms with Crippen LogP contribution >= 0.6 is 0 Å². The molecule has 2 heterocycles. The summed E-state index contributed by atoms with van der Waals surface area (Å²) in [6, 6.07) is 15.5. The van der Waals surface area contributed by atoms with Gasteiger partial charge in [0, 0.05) is 48.7 Å². The lowest BCUT2D eigenvalue weighted by atomic mass is 9.97. The number of pyridine rings is 1. The molecule has 0 fully saturated rings. The van der Waals surface area contributed by atoms with E-state index in [0.717, 1.165) is 22.2 Å². The second kappa shape index (κ2) is 6.48. The third-order valence-electron chi connectivity index (χ3n) is 5.03. The van der Waals surface area contributed by atoms with E-state index in [9.17, 15) is 13.2 Å². The van der Waals surface area contributed by atoms with E-state index in [0.29, 0.717) is 16.9 Å². The van der Waals surface area contributed by atoms with Crippen LogP contribution in [-0.2, 0) is 13.2 Å². The second-order valence-corrected chi connectivity index (χ2v) is 6.87. The molecular formula is C22H19F3N3+. The number of hydrogen-bond donors (Lipinski definition) is 0.